The van der Waals surface area contributed by atoms with E-state index in [4.69, 9.17) is 5.11 Å². The second-order valence-corrected chi connectivity index (χ2v) is 5.32. The molecule has 0 bridgehead atoms. The summed E-state index contributed by atoms with van der Waals surface area (Å²) in [7, 11) is 0. The molecule has 0 aliphatic rings. The van der Waals surface area contributed by atoms with Gasteiger partial charge in [0, 0.05) is 18.0 Å². The highest BCUT2D eigenvalue weighted by Crippen LogP contribution is 2.20. The Labute approximate surface area is 129 Å². The van der Waals surface area contributed by atoms with E-state index in [1.165, 1.54) is 0 Å². The van der Waals surface area contributed by atoms with E-state index in [2.05, 4.69) is 0 Å². The summed E-state index contributed by atoms with van der Waals surface area (Å²) < 4.78 is 1.66. The molecule has 3 heteroatoms. The number of benzene rings is 2. The van der Waals surface area contributed by atoms with E-state index >= 15 is 0 Å². The van der Waals surface area contributed by atoms with Crippen LogP contribution in [-0.4, -0.2) is 9.67 Å². The standard InChI is InChI=1S/C19H17NO2/c1-14-3-2-4-18(11-14)20-12-17(9-10-19(20)22)16-7-5-15(13-21)6-8-16/h2-12,21H,13H2,1H3. The van der Waals surface area contributed by atoms with Crippen LogP contribution in [0.5, 0.6) is 0 Å². The lowest BCUT2D eigenvalue weighted by Crippen LogP contribution is -2.16. The van der Waals surface area contributed by atoms with Gasteiger partial charge >= 0.3 is 0 Å². The van der Waals surface area contributed by atoms with Gasteiger partial charge in [0.15, 0.2) is 0 Å². The van der Waals surface area contributed by atoms with E-state index < -0.39 is 0 Å². The Morgan fingerprint density at radius 3 is 2.36 bits per heavy atom. The second kappa shape index (κ2) is 6.00. The van der Waals surface area contributed by atoms with Crippen LogP contribution >= 0.6 is 0 Å². The maximum atomic E-state index is 12.1. The predicted octanol–water partition coefficient (Wildman–Crippen LogP) is 3.31. The van der Waals surface area contributed by atoms with Gasteiger partial charge in [-0.05, 0) is 47.4 Å². The summed E-state index contributed by atoms with van der Waals surface area (Å²) in [6, 6.07) is 18.9. The number of pyridine rings is 1. The zero-order chi connectivity index (χ0) is 15.5. The molecule has 1 aromatic heterocycles. The zero-order valence-electron chi connectivity index (χ0n) is 12.4. The largest absolute Gasteiger partial charge is 0.392 e. The van der Waals surface area contributed by atoms with Crippen molar-refractivity contribution in [3.63, 3.8) is 0 Å². The number of rotatable bonds is 3. The van der Waals surface area contributed by atoms with Crippen molar-refractivity contribution in [1.29, 1.82) is 0 Å². The van der Waals surface area contributed by atoms with E-state index in [1.54, 1.807) is 10.6 Å². The van der Waals surface area contributed by atoms with Gasteiger partial charge in [0.2, 0.25) is 0 Å². The summed E-state index contributed by atoms with van der Waals surface area (Å²) in [5.74, 6) is 0. The summed E-state index contributed by atoms with van der Waals surface area (Å²) in [5, 5.41) is 9.11. The van der Waals surface area contributed by atoms with Crippen LogP contribution in [0.15, 0.2) is 71.7 Å². The lowest BCUT2D eigenvalue weighted by molar-refractivity contribution is 0.282. The van der Waals surface area contributed by atoms with Gasteiger partial charge in [0.25, 0.3) is 5.56 Å². The molecule has 0 saturated heterocycles. The summed E-state index contributed by atoms with van der Waals surface area (Å²) in [6.45, 7) is 2.04. The smallest absolute Gasteiger partial charge is 0.255 e. The molecule has 0 unspecified atom stereocenters. The first-order valence-electron chi connectivity index (χ1n) is 7.17. The van der Waals surface area contributed by atoms with Crippen molar-refractivity contribution in [1.82, 2.24) is 4.57 Å². The summed E-state index contributed by atoms with van der Waals surface area (Å²) in [5.41, 5.74) is 4.77. The van der Waals surface area contributed by atoms with Crippen LogP contribution in [0.25, 0.3) is 16.8 Å². The lowest BCUT2D eigenvalue weighted by atomic mass is 10.1. The Morgan fingerprint density at radius 2 is 1.68 bits per heavy atom. The molecule has 22 heavy (non-hydrogen) atoms. The molecule has 0 atom stereocenters. The summed E-state index contributed by atoms with van der Waals surface area (Å²) in [6.07, 6.45) is 1.85. The van der Waals surface area contributed by atoms with Crippen LogP contribution < -0.4 is 5.56 Å². The topological polar surface area (TPSA) is 42.2 Å². The molecule has 0 fully saturated rings. The predicted molar refractivity (Wildman–Crippen MR) is 88.1 cm³/mol. The number of aromatic nitrogens is 1. The summed E-state index contributed by atoms with van der Waals surface area (Å²) in [4.78, 5) is 12.1. The van der Waals surface area contributed by atoms with Crippen molar-refractivity contribution in [2.24, 2.45) is 0 Å². The quantitative estimate of drug-likeness (QED) is 0.804. The minimum absolute atomic E-state index is 0.0308. The van der Waals surface area contributed by atoms with Crippen molar-refractivity contribution in [2.45, 2.75) is 13.5 Å². The number of hydrogen-bond acceptors (Lipinski definition) is 2. The normalized spacial score (nSPS) is 10.6. The third kappa shape index (κ3) is 2.85. The molecule has 110 valence electrons. The van der Waals surface area contributed by atoms with Crippen molar-refractivity contribution in [3.8, 4) is 16.8 Å². The molecule has 3 rings (SSSR count). The Kier molecular flexibility index (Phi) is 3.90. The Bertz CT molecular complexity index is 848. The van der Waals surface area contributed by atoms with E-state index in [-0.39, 0.29) is 12.2 Å². The van der Waals surface area contributed by atoms with E-state index in [0.717, 1.165) is 27.9 Å². The van der Waals surface area contributed by atoms with Crippen molar-refractivity contribution >= 4 is 0 Å². The van der Waals surface area contributed by atoms with Crippen LogP contribution in [0.3, 0.4) is 0 Å². The third-order valence-corrected chi connectivity index (χ3v) is 3.66. The van der Waals surface area contributed by atoms with Crippen molar-refractivity contribution in [3.05, 3.63) is 88.3 Å². The highest BCUT2D eigenvalue weighted by atomic mass is 16.3. The van der Waals surface area contributed by atoms with E-state index in [0.29, 0.717) is 0 Å². The second-order valence-electron chi connectivity index (χ2n) is 5.32. The maximum absolute atomic E-state index is 12.1. The van der Waals surface area contributed by atoms with Crippen LogP contribution in [0, 0.1) is 6.92 Å². The van der Waals surface area contributed by atoms with Gasteiger partial charge in [0.1, 0.15) is 0 Å². The highest BCUT2D eigenvalue weighted by Gasteiger charge is 2.04. The van der Waals surface area contributed by atoms with Gasteiger partial charge in [-0.25, -0.2) is 0 Å². The van der Waals surface area contributed by atoms with Gasteiger partial charge in [0.05, 0.1) is 6.61 Å². The van der Waals surface area contributed by atoms with Gasteiger partial charge < -0.3 is 5.11 Å². The first-order valence-corrected chi connectivity index (χ1v) is 7.17. The number of aliphatic hydroxyl groups is 1. The molecule has 0 aliphatic carbocycles. The molecular weight excluding hydrogens is 274 g/mol. The van der Waals surface area contributed by atoms with Crippen LogP contribution in [0.4, 0.5) is 0 Å². The van der Waals surface area contributed by atoms with E-state index in [9.17, 15) is 4.79 Å². The molecule has 0 saturated carbocycles. The molecule has 1 heterocycles. The molecule has 3 aromatic rings. The van der Waals surface area contributed by atoms with Crippen LogP contribution in [-0.2, 0) is 6.61 Å². The number of aryl methyl sites for hydroxylation is 1. The lowest BCUT2D eigenvalue weighted by Gasteiger charge is -2.09. The number of aliphatic hydroxyl groups excluding tert-OH is 1. The molecule has 3 nitrogen and oxygen atoms in total. The van der Waals surface area contributed by atoms with E-state index in [1.807, 2.05) is 67.7 Å². The van der Waals surface area contributed by atoms with Crippen LogP contribution in [0.2, 0.25) is 0 Å². The fourth-order valence-electron chi connectivity index (χ4n) is 2.44. The Hall–Kier alpha value is -2.65. The number of nitrogens with zero attached hydrogens (tertiary/aromatic N) is 1. The maximum Gasteiger partial charge on any atom is 0.255 e. The molecule has 2 aromatic carbocycles. The molecule has 0 amide bonds. The fraction of sp³-hybridized carbons (Fsp3) is 0.105. The van der Waals surface area contributed by atoms with Crippen LogP contribution in [0.1, 0.15) is 11.1 Å². The minimum Gasteiger partial charge on any atom is -0.392 e. The van der Waals surface area contributed by atoms with Gasteiger partial charge in [-0.3, -0.25) is 9.36 Å². The number of hydrogen-bond donors (Lipinski definition) is 1. The highest BCUT2D eigenvalue weighted by molar-refractivity contribution is 5.63. The van der Waals surface area contributed by atoms with Gasteiger partial charge in [-0.15, -0.1) is 0 Å². The molecular formula is C19H17NO2. The monoisotopic (exact) mass is 291 g/mol. The fourth-order valence-corrected chi connectivity index (χ4v) is 2.44. The Morgan fingerprint density at radius 1 is 0.955 bits per heavy atom. The van der Waals surface area contributed by atoms with Gasteiger partial charge in [-0.2, -0.15) is 0 Å². The van der Waals surface area contributed by atoms with Crippen molar-refractivity contribution in [2.75, 3.05) is 0 Å². The SMILES string of the molecule is Cc1cccc(-n2cc(-c3ccc(CO)cc3)ccc2=O)c1. The molecule has 0 radical (unpaired) electrons. The zero-order valence-corrected chi connectivity index (χ0v) is 12.4. The Balaban J connectivity index is 2.07. The van der Waals surface area contributed by atoms with Crippen molar-refractivity contribution < 1.29 is 5.11 Å². The molecule has 0 aliphatic heterocycles. The molecule has 0 spiro atoms. The van der Waals surface area contributed by atoms with Gasteiger partial charge in [-0.1, -0.05) is 36.4 Å². The minimum atomic E-state index is -0.0543. The first kappa shape index (κ1) is 14.3. The average Bonchev–Trinajstić information content (AvgIpc) is 2.55. The third-order valence-electron chi connectivity index (χ3n) is 3.66. The summed E-state index contributed by atoms with van der Waals surface area (Å²) >= 11 is 0. The molecule has 1 N–H and O–H groups in total. The average molecular weight is 291 g/mol. The first-order chi connectivity index (χ1) is 10.7.